The van der Waals surface area contributed by atoms with Crippen molar-refractivity contribution in [1.29, 1.82) is 0 Å². The molecule has 2 saturated heterocycles. The van der Waals surface area contributed by atoms with Crippen LogP contribution in [0.1, 0.15) is 124 Å². The molecule has 0 aromatic carbocycles. The molecule has 4 atom stereocenters. The topological polar surface area (TPSA) is 129 Å². The van der Waals surface area contributed by atoms with Gasteiger partial charge in [-0.1, -0.05) is 25.5 Å². The summed E-state index contributed by atoms with van der Waals surface area (Å²) in [5, 5.41) is 0. The monoisotopic (exact) mass is 652 g/mol. The molecular weight excluding hydrogens is 592 g/mol. The van der Waals surface area contributed by atoms with E-state index in [0.29, 0.717) is 25.8 Å². The predicted octanol–water partition coefficient (Wildman–Crippen LogP) is 6.85. The van der Waals surface area contributed by atoms with Gasteiger partial charge in [0.1, 0.15) is 28.7 Å². The van der Waals surface area contributed by atoms with Gasteiger partial charge in [0.15, 0.2) is 11.1 Å². The van der Waals surface area contributed by atoms with E-state index < -0.39 is 51.6 Å². The van der Waals surface area contributed by atoms with Gasteiger partial charge in [-0.3, -0.25) is 9.80 Å². The van der Waals surface area contributed by atoms with E-state index in [2.05, 4.69) is 0 Å². The molecule has 0 aliphatic carbocycles. The van der Waals surface area contributed by atoms with Crippen molar-refractivity contribution in [3.8, 4) is 0 Å². The van der Waals surface area contributed by atoms with Crippen LogP contribution in [0.2, 0.25) is 0 Å². The van der Waals surface area contributed by atoms with Crippen molar-refractivity contribution < 1.29 is 42.9 Å². The van der Waals surface area contributed by atoms with Gasteiger partial charge in [0.2, 0.25) is 0 Å². The van der Waals surface area contributed by atoms with Gasteiger partial charge in [-0.05, 0) is 96.9 Å². The fraction of sp³-hybridized carbons (Fsp3) is 0.800. The molecule has 46 heavy (non-hydrogen) atoms. The maximum absolute atomic E-state index is 13.0. The maximum Gasteiger partial charge on any atom is 0.411 e. The van der Waals surface area contributed by atoms with E-state index in [0.717, 1.165) is 5.57 Å². The Hall–Kier alpha value is -3.11. The minimum atomic E-state index is -1.27. The van der Waals surface area contributed by atoms with Crippen molar-refractivity contribution in [3.63, 3.8) is 0 Å². The summed E-state index contributed by atoms with van der Waals surface area (Å²) >= 11 is 0. The number of rotatable bonds is 6. The first-order chi connectivity index (χ1) is 20.5. The second kappa shape index (κ2) is 14.3. The van der Waals surface area contributed by atoms with Crippen LogP contribution in [-0.2, 0) is 33.3 Å². The number of likely N-dealkylation sites (tertiary alicyclic amines) is 2. The molecule has 0 aromatic heterocycles. The molecule has 0 bridgehead atoms. The average molecular weight is 653 g/mol. The van der Waals surface area contributed by atoms with Crippen LogP contribution in [0.15, 0.2) is 11.6 Å². The quantitative estimate of drug-likeness (QED) is 0.131. The lowest BCUT2D eigenvalue weighted by Crippen LogP contribution is -2.73. The third kappa shape index (κ3) is 10.5. The first-order valence-corrected chi connectivity index (χ1v) is 16.1. The Kier molecular flexibility index (Phi) is 12.8. The molecular formula is C35H60N2O9. The van der Waals surface area contributed by atoms with Crippen molar-refractivity contribution in [3.05, 3.63) is 11.6 Å². The molecule has 11 heteroatoms. The Morgan fingerprint density at radius 3 is 1.15 bits per heavy atom. The smallest absolute Gasteiger partial charge is 0.411 e. The van der Waals surface area contributed by atoms with Crippen LogP contribution < -0.4 is 0 Å². The van der Waals surface area contributed by atoms with Crippen LogP contribution in [0.4, 0.5) is 9.59 Å². The van der Waals surface area contributed by atoms with Gasteiger partial charge in [0.25, 0.3) is 0 Å². The van der Waals surface area contributed by atoms with Crippen molar-refractivity contribution >= 4 is 30.4 Å². The first-order valence-electron chi connectivity index (χ1n) is 16.1. The molecule has 2 aliphatic heterocycles. The van der Waals surface area contributed by atoms with Crippen molar-refractivity contribution in [2.45, 2.75) is 157 Å². The summed E-state index contributed by atoms with van der Waals surface area (Å²) in [5.74, 6) is -1.08. The first kappa shape index (κ1) is 40.9. The molecule has 2 fully saturated rings. The molecule has 2 heterocycles. The summed E-state index contributed by atoms with van der Waals surface area (Å²) in [6, 6.07) is 0. The summed E-state index contributed by atoms with van der Waals surface area (Å²) in [6.45, 7) is 30.1. The molecule has 0 N–H and O–H groups in total. The van der Waals surface area contributed by atoms with Gasteiger partial charge < -0.3 is 23.7 Å². The Morgan fingerprint density at radius 1 is 0.609 bits per heavy atom. The highest BCUT2D eigenvalue weighted by Gasteiger charge is 2.62. The highest BCUT2D eigenvalue weighted by molar-refractivity contribution is 5.91. The summed E-state index contributed by atoms with van der Waals surface area (Å²) in [7, 11) is 0. The van der Waals surface area contributed by atoms with Crippen LogP contribution in [0.5, 0.6) is 0 Å². The number of hydrogen-bond acceptors (Lipinski definition) is 9. The Balaban J connectivity index is 0.000000462. The fourth-order valence-corrected chi connectivity index (χ4v) is 5.22. The van der Waals surface area contributed by atoms with Gasteiger partial charge >= 0.3 is 24.1 Å². The summed E-state index contributed by atoms with van der Waals surface area (Å²) in [6.07, 6.45) is 1.91. The van der Waals surface area contributed by atoms with E-state index in [1.165, 1.54) is 9.80 Å². The zero-order valence-electron chi connectivity index (χ0n) is 31.2. The Labute approximate surface area is 276 Å². The van der Waals surface area contributed by atoms with E-state index in [1.807, 2.05) is 75.3 Å². The normalized spacial score (nSPS) is 24.6. The molecule has 4 unspecified atom stereocenters. The van der Waals surface area contributed by atoms with E-state index >= 15 is 0 Å². The Morgan fingerprint density at radius 2 is 0.913 bits per heavy atom. The second-order valence-corrected chi connectivity index (χ2v) is 16.7. The van der Waals surface area contributed by atoms with Gasteiger partial charge in [0, 0.05) is 37.8 Å². The van der Waals surface area contributed by atoms with Crippen molar-refractivity contribution in [1.82, 2.24) is 9.80 Å². The predicted molar refractivity (Wildman–Crippen MR) is 176 cm³/mol. The minimum absolute atomic E-state index is 0.00969. The third-order valence-corrected chi connectivity index (χ3v) is 7.46. The van der Waals surface area contributed by atoms with Crippen LogP contribution in [0, 0.1) is 11.8 Å². The molecule has 0 aromatic rings. The lowest BCUT2D eigenvalue weighted by atomic mass is 9.72. The second-order valence-electron chi connectivity index (χ2n) is 16.7. The molecule has 2 aliphatic rings. The maximum atomic E-state index is 13.0. The minimum Gasteiger partial charge on any atom is -0.458 e. The average Bonchev–Trinajstić information content (AvgIpc) is 2.79. The number of esters is 2. The Bertz CT molecular complexity index is 1160. The van der Waals surface area contributed by atoms with E-state index in [-0.39, 0.29) is 24.2 Å². The van der Waals surface area contributed by atoms with Crippen molar-refractivity contribution in [2.75, 3.05) is 13.1 Å². The largest absolute Gasteiger partial charge is 0.458 e. The van der Waals surface area contributed by atoms with Gasteiger partial charge in [-0.2, -0.15) is 0 Å². The number of hydrogen-bond donors (Lipinski definition) is 0. The van der Waals surface area contributed by atoms with Gasteiger partial charge in [0.05, 0.1) is 0 Å². The van der Waals surface area contributed by atoms with Crippen LogP contribution >= 0.6 is 0 Å². The lowest BCUT2D eigenvalue weighted by Gasteiger charge is -2.55. The zero-order valence-corrected chi connectivity index (χ0v) is 31.2. The van der Waals surface area contributed by atoms with Crippen LogP contribution in [0.3, 0.4) is 0 Å². The summed E-state index contributed by atoms with van der Waals surface area (Å²) < 4.78 is 21.9. The molecule has 2 amide bonds. The summed E-state index contributed by atoms with van der Waals surface area (Å²) in [5.41, 5.74) is -3.74. The van der Waals surface area contributed by atoms with E-state index in [9.17, 15) is 24.0 Å². The molecule has 0 saturated carbocycles. The fourth-order valence-electron chi connectivity index (χ4n) is 5.22. The molecule has 11 nitrogen and oxygen atoms in total. The van der Waals surface area contributed by atoms with Crippen molar-refractivity contribution in [2.24, 2.45) is 11.8 Å². The third-order valence-electron chi connectivity index (χ3n) is 7.46. The number of carbonyl (C=O) groups excluding carboxylic acids is 5. The highest BCUT2D eigenvalue weighted by Crippen LogP contribution is 2.43. The molecule has 0 spiro atoms. The van der Waals surface area contributed by atoms with Crippen LogP contribution in [0.25, 0.3) is 0 Å². The molecule has 2 rings (SSSR count). The number of nitrogens with zero attached hydrogens (tertiary/aromatic N) is 2. The number of aldehydes is 1. The number of amides is 2. The molecule has 0 radical (unpaired) electrons. The molecule has 264 valence electrons. The highest BCUT2D eigenvalue weighted by atomic mass is 16.6. The summed E-state index contributed by atoms with van der Waals surface area (Å²) in [4.78, 5) is 64.4. The number of allylic oxidation sites excluding steroid dienone is 1. The zero-order chi connectivity index (χ0) is 36.3. The lowest BCUT2D eigenvalue weighted by molar-refractivity contribution is -0.187. The van der Waals surface area contributed by atoms with E-state index in [4.69, 9.17) is 18.9 Å². The van der Waals surface area contributed by atoms with Gasteiger partial charge in [-0.25, -0.2) is 19.2 Å². The number of carbonyl (C=O) groups is 5. The standard InChI is InChI=1S/C19H33NO4.C16H27NO5/c1-13(2)10-11-19(15(21)23-17(4,5)6)14(3)12-20(19)16(22)24-18(7,8)9;1-11-10-17(13(20)22-15(5,6)7)16(11,8-9-18)12(19)21-14(2,3)4/h10,14H,11-12H2,1-9H3;9,11H,8,10H2,1-7H3. The number of ether oxygens (including phenoxy) is 4. The van der Waals surface area contributed by atoms with Crippen LogP contribution in [-0.4, -0.2) is 86.8 Å². The SMILES string of the molecule is CC(C)=CCC1(C(=O)OC(C)(C)C)C(C)CN1C(=O)OC(C)(C)C.CC1CN(C(=O)OC(C)(C)C)C1(CC=O)C(=O)OC(C)(C)C. The van der Waals surface area contributed by atoms with Gasteiger partial charge in [-0.15, -0.1) is 0 Å². The van der Waals surface area contributed by atoms with E-state index in [1.54, 1.807) is 41.5 Å².